The number of alkyl carbamates (subject to hydrolysis) is 1. The number of hydrogen-bond donors (Lipinski definition) is 2. The van der Waals surface area contributed by atoms with Crippen molar-refractivity contribution in [2.24, 2.45) is 0 Å². The predicted molar refractivity (Wildman–Crippen MR) is 73.5 cm³/mol. The van der Waals surface area contributed by atoms with Gasteiger partial charge in [0.05, 0.1) is 11.1 Å². The third-order valence-corrected chi connectivity index (χ3v) is 3.28. The first kappa shape index (κ1) is 14.0. The van der Waals surface area contributed by atoms with Crippen LogP contribution in [0.15, 0.2) is 12.1 Å². The molecule has 0 heterocycles. The highest BCUT2D eigenvalue weighted by Crippen LogP contribution is 2.37. The van der Waals surface area contributed by atoms with Gasteiger partial charge in [0.25, 0.3) is 0 Å². The van der Waals surface area contributed by atoms with Gasteiger partial charge in [0, 0.05) is 0 Å². The van der Waals surface area contributed by atoms with Gasteiger partial charge < -0.3 is 15.2 Å². The summed E-state index contributed by atoms with van der Waals surface area (Å²) in [7, 11) is 0. The van der Waals surface area contributed by atoms with E-state index in [4.69, 9.17) is 16.3 Å². The zero-order valence-corrected chi connectivity index (χ0v) is 12.0. The van der Waals surface area contributed by atoms with Crippen LogP contribution in [0.4, 0.5) is 4.79 Å². The number of hydrogen-bond acceptors (Lipinski definition) is 3. The minimum Gasteiger partial charge on any atom is -0.506 e. The van der Waals surface area contributed by atoms with Crippen molar-refractivity contribution in [3.63, 3.8) is 0 Å². The van der Waals surface area contributed by atoms with Crippen molar-refractivity contribution >= 4 is 17.7 Å². The van der Waals surface area contributed by atoms with Crippen LogP contribution in [0.25, 0.3) is 0 Å². The monoisotopic (exact) mass is 283 g/mol. The molecule has 1 atom stereocenters. The van der Waals surface area contributed by atoms with Gasteiger partial charge in [0.1, 0.15) is 11.4 Å². The average Bonchev–Trinajstić information content (AvgIpc) is 2.59. The second-order valence-electron chi connectivity index (χ2n) is 5.74. The number of carbonyl (C=O) groups is 1. The lowest BCUT2D eigenvalue weighted by atomic mass is 10.1. The van der Waals surface area contributed by atoms with E-state index in [9.17, 15) is 9.90 Å². The first-order valence-corrected chi connectivity index (χ1v) is 6.65. The zero-order chi connectivity index (χ0) is 14.2. The number of amides is 1. The minimum absolute atomic E-state index is 0.0401. The Bertz CT molecular complexity index is 508. The van der Waals surface area contributed by atoms with E-state index >= 15 is 0 Å². The summed E-state index contributed by atoms with van der Waals surface area (Å²) in [6, 6.07) is 3.24. The lowest BCUT2D eigenvalue weighted by Gasteiger charge is -2.22. The van der Waals surface area contributed by atoms with E-state index in [1.807, 2.05) is 20.8 Å². The Morgan fingerprint density at radius 2 is 2.16 bits per heavy atom. The number of benzene rings is 1. The fourth-order valence-electron chi connectivity index (χ4n) is 2.22. The molecule has 0 aromatic heterocycles. The zero-order valence-electron chi connectivity index (χ0n) is 11.3. The molecule has 0 saturated heterocycles. The van der Waals surface area contributed by atoms with Gasteiger partial charge in [-0.15, -0.1) is 0 Å². The van der Waals surface area contributed by atoms with Crippen LogP contribution in [0.2, 0.25) is 5.02 Å². The molecule has 5 heteroatoms. The molecule has 2 N–H and O–H groups in total. The van der Waals surface area contributed by atoms with Gasteiger partial charge in [-0.1, -0.05) is 11.6 Å². The van der Waals surface area contributed by atoms with Crippen molar-refractivity contribution in [1.29, 1.82) is 0 Å². The highest BCUT2D eigenvalue weighted by molar-refractivity contribution is 6.32. The smallest absolute Gasteiger partial charge is 0.408 e. The average molecular weight is 284 g/mol. The molecule has 0 spiro atoms. The van der Waals surface area contributed by atoms with Crippen molar-refractivity contribution < 1.29 is 14.6 Å². The lowest BCUT2D eigenvalue weighted by molar-refractivity contribution is 0.0503. The van der Waals surface area contributed by atoms with Crippen molar-refractivity contribution in [2.75, 3.05) is 0 Å². The molecule has 2 rings (SSSR count). The van der Waals surface area contributed by atoms with E-state index in [-0.39, 0.29) is 11.8 Å². The van der Waals surface area contributed by atoms with Crippen LogP contribution < -0.4 is 5.32 Å². The van der Waals surface area contributed by atoms with Gasteiger partial charge in [0.2, 0.25) is 0 Å². The van der Waals surface area contributed by atoms with E-state index in [0.29, 0.717) is 5.02 Å². The summed E-state index contributed by atoms with van der Waals surface area (Å²) in [5.41, 5.74) is 1.45. The molecular weight excluding hydrogens is 266 g/mol. The molecule has 4 nitrogen and oxygen atoms in total. The second-order valence-corrected chi connectivity index (χ2v) is 6.15. The SMILES string of the molecule is CC(C)(C)OC(=O)NC1CCc2cc(Cl)c(O)cc21. The topological polar surface area (TPSA) is 58.6 Å². The molecule has 19 heavy (non-hydrogen) atoms. The third kappa shape index (κ3) is 3.32. The van der Waals surface area contributed by atoms with Gasteiger partial charge >= 0.3 is 6.09 Å². The molecule has 1 aliphatic rings. The number of carbonyl (C=O) groups excluding carboxylic acids is 1. The Morgan fingerprint density at radius 1 is 1.47 bits per heavy atom. The third-order valence-electron chi connectivity index (χ3n) is 2.98. The normalized spacial score (nSPS) is 18.0. The maximum atomic E-state index is 11.8. The van der Waals surface area contributed by atoms with Gasteiger partial charge in [-0.3, -0.25) is 0 Å². The summed E-state index contributed by atoms with van der Waals surface area (Å²) in [6.45, 7) is 5.46. The summed E-state index contributed by atoms with van der Waals surface area (Å²) < 4.78 is 5.23. The number of rotatable bonds is 1. The minimum atomic E-state index is -0.520. The quantitative estimate of drug-likeness (QED) is 0.828. The van der Waals surface area contributed by atoms with E-state index in [1.54, 1.807) is 12.1 Å². The fourth-order valence-corrected chi connectivity index (χ4v) is 2.40. The first-order chi connectivity index (χ1) is 8.76. The van der Waals surface area contributed by atoms with Gasteiger partial charge in [-0.2, -0.15) is 0 Å². The number of aryl methyl sites for hydroxylation is 1. The number of nitrogens with one attached hydrogen (secondary N) is 1. The molecule has 0 saturated carbocycles. The largest absolute Gasteiger partial charge is 0.506 e. The molecule has 1 aromatic rings. The molecule has 1 aliphatic carbocycles. The van der Waals surface area contributed by atoms with Crippen LogP contribution in [-0.2, 0) is 11.2 Å². The molecule has 1 amide bonds. The summed E-state index contributed by atoms with van der Waals surface area (Å²) in [5.74, 6) is 0.0401. The Kier molecular flexibility index (Phi) is 3.63. The summed E-state index contributed by atoms with van der Waals surface area (Å²) in [5, 5.41) is 12.8. The van der Waals surface area contributed by atoms with E-state index in [0.717, 1.165) is 24.0 Å². The summed E-state index contributed by atoms with van der Waals surface area (Å²) in [6.07, 6.45) is 1.17. The lowest BCUT2D eigenvalue weighted by Crippen LogP contribution is -2.34. The van der Waals surface area contributed by atoms with Crippen molar-refractivity contribution in [1.82, 2.24) is 5.32 Å². The molecule has 1 aromatic carbocycles. The molecule has 0 radical (unpaired) electrons. The molecule has 0 aliphatic heterocycles. The van der Waals surface area contributed by atoms with Crippen LogP contribution in [0, 0.1) is 0 Å². The Balaban J connectivity index is 2.11. The molecule has 0 fully saturated rings. The first-order valence-electron chi connectivity index (χ1n) is 6.27. The molecule has 104 valence electrons. The molecule has 0 bridgehead atoms. The van der Waals surface area contributed by atoms with Crippen LogP contribution >= 0.6 is 11.6 Å². The fraction of sp³-hybridized carbons (Fsp3) is 0.500. The maximum Gasteiger partial charge on any atom is 0.408 e. The number of phenolic OH excluding ortho intramolecular Hbond substituents is 1. The van der Waals surface area contributed by atoms with E-state index in [1.165, 1.54) is 0 Å². The molecule has 1 unspecified atom stereocenters. The summed E-state index contributed by atoms with van der Waals surface area (Å²) in [4.78, 5) is 11.8. The Hall–Kier alpha value is -1.42. The number of aromatic hydroxyl groups is 1. The standard InChI is InChI=1S/C14H18ClNO3/c1-14(2,3)19-13(18)16-11-5-4-8-6-10(15)12(17)7-9(8)11/h6-7,11,17H,4-5H2,1-3H3,(H,16,18). The second kappa shape index (κ2) is 4.93. The van der Waals surface area contributed by atoms with Gasteiger partial charge in [-0.05, 0) is 56.9 Å². The highest BCUT2D eigenvalue weighted by atomic mass is 35.5. The maximum absolute atomic E-state index is 11.8. The molecular formula is C14H18ClNO3. The number of phenols is 1. The van der Waals surface area contributed by atoms with Crippen molar-refractivity contribution in [2.45, 2.75) is 45.3 Å². The number of halogens is 1. The number of fused-ring (bicyclic) bond motifs is 1. The highest BCUT2D eigenvalue weighted by Gasteiger charge is 2.27. The van der Waals surface area contributed by atoms with Crippen LogP contribution in [-0.4, -0.2) is 16.8 Å². The Labute approximate surface area is 117 Å². The van der Waals surface area contributed by atoms with Crippen molar-refractivity contribution in [3.05, 3.63) is 28.3 Å². The Morgan fingerprint density at radius 3 is 2.79 bits per heavy atom. The predicted octanol–water partition coefficient (Wildman–Crippen LogP) is 3.56. The summed E-state index contributed by atoms with van der Waals surface area (Å²) >= 11 is 5.87. The van der Waals surface area contributed by atoms with Gasteiger partial charge in [-0.25, -0.2) is 4.79 Å². The van der Waals surface area contributed by atoms with Crippen molar-refractivity contribution in [3.8, 4) is 5.75 Å². The van der Waals surface area contributed by atoms with E-state index in [2.05, 4.69) is 5.32 Å². The van der Waals surface area contributed by atoms with Crippen LogP contribution in [0.5, 0.6) is 5.75 Å². The van der Waals surface area contributed by atoms with Gasteiger partial charge in [0.15, 0.2) is 0 Å². The van der Waals surface area contributed by atoms with Crippen LogP contribution in [0.1, 0.15) is 44.4 Å². The van der Waals surface area contributed by atoms with E-state index < -0.39 is 11.7 Å². The number of ether oxygens (including phenoxy) is 1. The van der Waals surface area contributed by atoms with Crippen LogP contribution in [0.3, 0.4) is 0 Å².